The highest BCUT2D eigenvalue weighted by molar-refractivity contribution is 9.10. The van der Waals surface area contributed by atoms with Crippen LogP contribution in [-0.4, -0.2) is 45.3 Å². The number of Topliss-reactive ketones (excluding diaryl/α,β-unsaturated/α-hetero) is 1. The Morgan fingerprint density at radius 3 is 2.77 bits per heavy atom. The van der Waals surface area contributed by atoms with Gasteiger partial charge in [-0.05, 0) is 75.9 Å². The van der Waals surface area contributed by atoms with Crippen molar-refractivity contribution in [1.29, 1.82) is 0 Å². The monoisotopic (exact) mass is 683 g/mol. The van der Waals surface area contributed by atoms with Crippen LogP contribution in [-0.2, 0) is 21.8 Å². The number of hydrogen-bond donors (Lipinski definition) is 2. The van der Waals surface area contributed by atoms with Crippen LogP contribution in [0.15, 0.2) is 69.0 Å². The second-order valence-electron chi connectivity index (χ2n) is 9.91. The molecule has 2 aliphatic rings. The third-order valence-corrected chi connectivity index (χ3v) is 9.82. The van der Waals surface area contributed by atoms with E-state index < -0.39 is 17.7 Å². The third kappa shape index (κ3) is 5.36. The van der Waals surface area contributed by atoms with Crippen molar-refractivity contribution in [2.75, 3.05) is 12.0 Å². The van der Waals surface area contributed by atoms with Crippen LogP contribution in [0.4, 0.5) is 9.52 Å². The van der Waals surface area contributed by atoms with Crippen LogP contribution in [0, 0.1) is 5.82 Å². The van der Waals surface area contributed by atoms with E-state index in [0.29, 0.717) is 33.2 Å². The van der Waals surface area contributed by atoms with Crippen LogP contribution < -0.4 is 14.4 Å². The number of anilines is 1. The van der Waals surface area contributed by atoms with E-state index in [0.717, 1.165) is 16.9 Å². The lowest BCUT2D eigenvalue weighted by Crippen LogP contribution is -2.29. The number of methoxy groups -OCH3 is 1. The summed E-state index contributed by atoms with van der Waals surface area (Å²) in [6.45, 7) is 1.94. The van der Waals surface area contributed by atoms with Gasteiger partial charge in [0.2, 0.25) is 5.13 Å². The quantitative estimate of drug-likeness (QED) is 0.0750. The Balaban J connectivity index is 1.44. The molecule has 3 heterocycles. The van der Waals surface area contributed by atoms with Gasteiger partial charge < -0.3 is 19.7 Å². The van der Waals surface area contributed by atoms with Crippen LogP contribution >= 0.6 is 39.0 Å². The molecule has 1 saturated heterocycles. The highest BCUT2D eigenvalue weighted by Crippen LogP contribution is 2.47. The van der Waals surface area contributed by atoms with Crippen molar-refractivity contribution in [3.05, 3.63) is 92.7 Å². The number of benzene rings is 3. The Morgan fingerprint density at radius 2 is 2.00 bits per heavy atom. The van der Waals surface area contributed by atoms with Gasteiger partial charge in [0.25, 0.3) is 5.78 Å². The maximum Gasteiger partial charge on any atom is 0.301 e. The zero-order valence-corrected chi connectivity index (χ0v) is 25.9. The number of hydrogen-bond acceptors (Lipinski definition) is 10. The molecule has 3 aromatic carbocycles. The number of halogens is 2. The normalized spacial score (nSPS) is 19.0. The summed E-state index contributed by atoms with van der Waals surface area (Å²) in [6, 6.07) is 13.4. The van der Waals surface area contributed by atoms with Crippen LogP contribution in [0.3, 0.4) is 0 Å². The number of rotatable bonds is 7. The molecule has 0 aliphatic carbocycles. The van der Waals surface area contributed by atoms with Crippen molar-refractivity contribution >= 4 is 61.6 Å². The van der Waals surface area contributed by atoms with Gasteiger partial charge in [0, 0.05) is 17.7 Å². The number of amides is 1. The number of phenols is 1. The Morgan fingerprint density at radius 1 is 1.21 bits per heavy atom. The van der Waals surface area contributed by atoms with E-state index in [1.807, 2.05) is 6.92 Å². The first-order chi connectivity index (χ1) is 20.7. The predicted octanol–water partition coefficient (Wildman–Crippen LogP) is 6.40. The average molecular weight is 685 g/mol. The van der Waals surface area contributed by atoms with E-state index in [1.54, 1.807) is 42.5 Å². The van der Waals surface area contributed by atoms with E-state index in [4.69, 9.17) is 9.47 Å². The highest BCUT2D eigenvalue weighted by atomic mass is 79.9. The Hall–Kier alpha value is -3.94. The van der Waals surface area contributed by atoms with E-state index >= 15 is 0 Å². The lowest BCUT2D eigenvalue weighted by Gasteiger charge is -2.23. The van der Waals surface area contributed by atoms with E-state index in [1.165, 1.54) is 35.9 Å². The molecule has 9 nitrogen and oxygen atoms in total. The van der Waals surface area contributed by atoms with Crippen molar-refractivity contribution in [2.24, 2.45) is 0 Å². The van der Waals surface area contributed by atoms with E-state index in [9.17, 15) is 24.2 Å². The summed E-state index contributed by atoms with van der Waals surface area (Å²) in [5.41, 5.74) is 1.92. The molecule has 2 N–H and O–H groups in total. The molecule has 0 spiro atoms. The molecule has 13 heteroatoms. The summed E-state index contributed by atoms with van der Waals surface area (Å²) in [6.07, 6.45) is 0.608. The number of ether oxygens (including phenoxy) is 2. The van der Waals surface area contributed by atoms with Gasteiger partial charge in [-0.15, -0.1) is 10.2 Å². The largest absolute Gasteiger partial charge is 0.507 e. The molecule has 6 rings (SSSR count). The van der Waals surface area contributed by atoms with Crippen LogP contribution in [0.25, 0.3) is 5.76 Å². The smallest absolute Gasteiger partial charge is 0.301 e. The zero-order chi connectivity index (χ0) is 30.4. The minimum atomic E-state index is -1.13. The number of ketones is 1. The molecular weight excluding hydrogens is 661 g/mol. The van der Waals surface area contributed by atoms with Crippen molar-refractivity contribution in [3.63, 3.8) is 0 Å². The molecule has 2 atom stereocenters. The second-order valence-corrected chi connectivity index (χ2v) is 12.9. The SMILES string of the molecule is COc1cc(C2/C(=C(\O)c3ccc4c(c3)CC(C)O4)C(=O)C(=O)N2c2nnc(SCc3ccccc3F)s2)cc(Br)c1O. The second kappa shape index (κ2) is 11.6. The molecule has 4 aromatic rings. The standard InChI is InChI=1S/C30H23BrFN3O6S2/c1-14-9-17-10-15(7-8-21(17)41-14)25(36)23-24(18-11-19(31)26(37)22(12-18)40-2)35(28(39)27(23)38)29-33-34-30(43-29)42-13-16-5-3-4-6-20(16)32/h3-8,10-12,14,24,36-37H,9,13H2,1-2H3/b25-23+. The zero-order valence-electron chi connectivity index (χ0n) is 22.7. The Bertz CT molecular complexity index is 1810. The number of phenolic OH excluding ortho intramolecular Hbond substituents is 1. The molecular formula is C30H23BrFN3O6S2. The number of carbonyl (C=O) groups excluding carboxylic acids is 2. The van der Waals surface area contributed by atoms with Gasteiger partial charge in [0.1, 0.15) is 23.4 Å². The molecule has 1 aromatic heterocycles. The van der Waals surface area contributed by atoms with Crippen molar-refractivity contribution in [2.45, 2.75) is 35.6 Å². The Kier molecular flexibility index (Phi) is 7.88. The molecule has 43 heavy (non-hydrogen) atoms. The number of aromatic hydroxyl groups is 1. The lowest BCUT2D eigenvalue weighted by atomic mass is 9.94. The summed E-state index contributed by atoms with van der Waals surface area (Å²) >= 11 is 5.62. The first kappa shape index (κ1) is 29.1. The van der Waals surface area contributed by atoms with E-state index in [2.05, 4.69) is 26.1 Å². The highest BCUT2D eigenvalue weighted by Gasteiger charge is 2.49. The topological polar surface area (TPSA) is 122 Å². The molecule has 0 bridgehead atoms. The number of aliphatic hydroxyl groups is 1. The van der Waals surface area contributed by atoms with Crippen LogP contribution in [0.2, 0.25) is 0 Å². The molecule has 1 amide bonds. The van der Waals surface area contributed by atoms with Crippen LogP contribution in [0.5, 0.6) is 17.2 Å². The minimum Gasteiger partial charge on any atom is -0.507 e. The number of thioether (sulfide) groups is 1. The molecule has 2 unspecified atom stereocenters. The predicted molar refractivity (Wildman–Crippen MR) is 163 cm³/mol. The fraction of sp³-hybridized carbons (Fsp3) is 0.200. The molecule has 220 valence electrons. The van der Waals surface area contributed by atoms with Gasteiger partial charge in [-0.2, -0.15) is 0 Å². The number of carbonyl (C=O) groups is 2. The fourth-order valence-electron chi connectivity index (χ4n) is 5.09. The van der Waals surface area contributed by atoms with Crippen molar-refractivity contribution in [3.8, 4) is 17.2 Å². The fourth-order valence-corrected chi connectivity index (χ4v) is 7.40. The van der Waals surface area contributed by atoms with Crippen LogP contribution in [0.1, 0.15) is 35.2 Å². The summed E-state index contributed by atoms with van der Waals surface area (Å²) in [7, 11) is 1.37. The van der Waals surface area contributed by atoms with E-state index in [-0.39, 0.29) is 50.1 Å². The van der Waals surface area contributed by atoms with Gasteiger partial charge in [-0.3, -0.25) is 14.5 Å². The lowest BCUT2D eigenvalue weighted by molar-refractivity contribution is -0.132. The summed E-state index contributed by atoms with van der Waals surface area (Å²) in [5.74, 6) is -1.62. The first-order valence-corrected chi connectivity index (χ1v) is 15.6. The first-order valence-electron chi connectivity index (χ1n) is 13.0. The maximum atomic E-state index is 14.1. The van der Waals surface area contributed by atoms with Crippen molar-refractivity contribution in [1.82, 2.24) is 10.2 Å². The molecule has 1 fully saturated rings. The van der Waals surface area contributed by atoms with Gasteiger partial charge in [-0.25, -0.2) is 4.39 Å². The minimum absolute atomic E-state index is 0.0253. The molecule has 0 radical (unpaired) electrons. The number of aromatic nitrogens is 2. The van der Waals surface area contributed by atoms with Gasteiger partial charge >= 0.3 is 5.91 Å². The maximum absolute atomic E-state index is 14.1. The van der Waals surface area contributed by atoms with Crippen molar-refractivity contribution < 1.29 is 33.7 Å². The average Bonchev–Trinajstić information content (AvgIpc) is 3.68. The number of nitrogens with zero attached hydrogens (tertiary/aromatic N) is 3. The Labute approximate surface area is 262 Å². The van der Waals surface area contributed by atoms with Gasteiger partial charge in [0.15, 0.2) is 15.8 Å². The number of aliphatic hydroxyl groups excluding tert-OH is 1. The summed E-state index contributed by atoms with van der Waals surface area (Å²) in [5, 5.41) is 30.5. The molecule has 2 aliphatic heterocycles. The summed E-state index contributed by atoms with van der Waals surface area (Å²) < 4.78 is 26.0. The summed E-state index contributed by atoms with van der Waals surface area (Å²) in [4.78, 5) is 28.4. The van der Waals surface area contributed by atoms with Gasteiger partial charge in [-0.1, -0.05) is 41.3 Å². The number of fused-ring (bicyclic) bond motifs is 1. The van der Waals surface area contributed by atoms with Gasteiger partial charge in [0.05, 0.1) is 23.2 Å². The third-order valence-electron chi connectivity index (χ3n) is 7.11. The molecule has 0 saturated carbocycles.